The lowest BCUT2D eigenvalue weighted by molar-refractivity contribution is 0.158. The molecule has 0 N–H and O–H groups in total. The average molecular weight is 268 g/mol. The number of amides is 1. The highest BCUT2D eigenvalue weighted by Crippen LogP contribution is 2.43. The molecule has 0 radical (unpaired) electrons. The van der Waals surface area contributed by atoms with Crippen molar-refractivity contribution in [1.82, 2.24) is 4.90 Å². The van der Waals surface area contributed by atoms with Gasteiger partial charge < -0.3 is 4.90 Å². The summed E-state index contributed by atoms with van der Waals surface area (Å²) in [6.45, 7) is 0. The summed E-state index contributed by atoms with van der Waals surface area (Å²) in [6.07, 6.45) is 3.98. The van der Waals surface area contributed by atoms with Crippen LogP contribution in [0.1, 0.15) is 37.2 Å². The smallest absolute Gasteiger partial charge is 0.316 e. The molecule has 0 unspecified atom stereocenters. The molecule has 2 bridgehead atoms. The Hall–Kier alpha value is -1.09. The first-order valence-electron chi connectivity index (χ1n) is 6.38. The van der Waals surface area contributed by atoms with Crippen molar-refractivity contribution in [2.45, 2.75) is 43.7 Å². The maximum Gasteiger partial charge on any atom is 0.316 e. The molecule has 3 atom stereocenters. The predicted octanol–water partition coefficient (Wildman–Crippen LogP) is 3.89. The lowest BCUT2D eigenvalue weighted by Gasteiger charge is -2.37. The number of halogens is 2. The number of fused-ring (bicyclic) bond motifs is 2. The van der Waals surface area contributed by atoms with Crippen LogP contribution in [0.4, 0.5) is 9.18 Å². The number of carbonyl (C=O) groups excluding carboxylic acids is 1. The zero-order chi connectivity index (χ0) is 12.7. The van der Waals surface area contributed by atoms with Gasteiger partial charge in [-0.1, -0.05) is 12.1 Å². The van der Waals surface area contributed by atoms with Gasteiger partial charge in [0, 0.05) is 12.1 Å². The standard InChI is InChI=1S/C14H15ClFNO/c15-14(18)17-12-5-6-13(17)8-10(7-12)9-1-3-11(16)4-2-9/h1-4,10,12-13H,5-8H2/t10-,12+,13-. The second-order valence-corrected chi connectivity index (χ2v) is 5.59. The molecule has 4 heteroatoms. The number of nitrogens with zero attached hydrogens (tertiary/aromatic N) is 1. The molecule has 0 spiro atoms. The fourth-order valence-electron chi connectivity index (χ4n) is 3.47. The van der Waals surface area contributed by atoms with E-state index >= 15 is 0 Å². The van der Waals surface area contributed by atoms with Gasteiger partial charge >= 0.3 is 5.37 Å². The van der Waals surface area contributed by atoms with Gasteiger partial charge in [0.15, 0.2) is 0 Å². The van der Waals surface area contributed by atoms with Crippen molar-refractivity contribution in [2.24, 2.45) is 0 Å². The third kappa shape index (κ3) is 2.01. The van der Waals surface area contributed by atoms with E-state index in [1.165, 1.54) is 17.7 Å². The van der Waals surface area contributed by atoms with Crippen LogP contribution in [-0.4, -0.2) is 22.3 Å². The minimum atomic E-state index is -0.319. The Morgan fingerprint density at radius 1 is 1.17 bits per heavy atom. The zero-order valence-corrected chi connectivity index (χ0v) is 10.7. The van der Waals surface area contributed by atoms with Crippen LogP contribution in [0.2, 0.25) is 0 Å². The Morgan fingerprint density at radius 2 is 1.72 bits per heavy atom. The van der Waals surface area contributed by atoms with Crippen molar-refractivity contribution in [1.29, 1.82) is 0 Å². The fraction of sp³-hybridized carbons (Fsp3) is 0.500. The van der Waals surface area contributed by atoms with E-state index in [0.29, 0.717) is 5.92 Å². The summed E-state index contributed by atoms with van der Waals surface area (Å²) >= 11 is 5.64. The first kappa shape index (κ1) is 12.0. The highest BCUT2D eigenvalue weighted by Gasteiger charge is 2.42. The largest absolute Gasteiger partial charge is 0.323 e. The molecule has 0 aromatic heterocycles. The van der Waals surface area contributed by atoms with Crippen LogP contribution in [0.3, 0.4) is 0 Å². The summed E-state index contributed by atoms with van der Waals surface area (Å²) in [5, 5.41) is -0.319. The van der Waals surface area contributed by atoms with Gasteiger partial charge in [-0.3, -0.25) is 4.79 Å². The summed E-state index contributed by atoms with van der Waals surface area (Å²) in [4.78, 5) is 13.2. The Labute approximate surface area is 111 Å². The summed E-state index contributed by atoms with van der Waals surface area (Å²) in [5.74, 6) is 0.227. The minimum absolute atomic E-state index is 0.199. The first-order valence-corrected chi connectivity index (χ1v) is 6.76. The number of piperidine rings is 1. The van der Waals surface area contributed by atoms with Gasteiger partial charge in [-0.15, -0.1) is 0 Å². The van der Waals surface area contributed by atoms with Crippen molar-refractivity contribution in [2.75, 3.05) is 0 Å². The first-order chi connectivity index (χ1) is 8.65. The highest BCUT2D eigenvalue weighted by molar-refractivity contribution is 6.62. The molecule has 0 aliphatic carbocycles. The van der Waals surface area contributed by atoms with Crippen molar-refractivity contribution >= 4 is 17.0 Å². The van der Waals surface area contributed by atoms with Crippen molar-refractivity contribution in [3.8, 4) is 0 Å². The monoisotopic (exact) mass is 267 g/mol. The van der Waals surface area contributed by atoms with Gasteiger partial charge in [0.05, 0.1) is 0 Å². The van der Waals surface area contributed by atoms with Crippen LogP contribution in [-0.2, 0) is 0 Å². The van der Waals surface area contributed by atoms with Crippen molar-refractivity contribution in [3.05, 3.63) is 35.6 Å². The topological polar surface area (TPSA) is 20.3 Å². The van der Waals surface area contributed by atoms with Crippen molar-refractivity contribution < 1.29 is 9.18 Å². The van der Waals surface area contributed by atoms with Crippen LogP contribution in [0.15, 0.2) is 24.3 Å². The molecule has 2 aliphatic heterocycles. The van der Waals surface area contributed by atoms with Crippen molar-refractivity contribution in [3.63, 3.8) is 0 Å². The highest BCUT2D eigenvalue weighted by atomic mass is 35.5. The molecule has 2 nitrogen and oxygen atoms in total. The number of hydrogen-bond donors (Lipinski definition) is 0. The van der Waals surface area contributed by atoms with Crippen LogP contribution < -0.4 is 0 Å². The number of rotatable bonds is 1. The zero-order valence-electron chi connectivity index (χ0n) is 9.98. The molecule has 2 saturated heterocycles. The molecular formula is C14H15ClFNO. The van der Waals surface area contributed by atoms with E-state index < -0.39 is 0 Å². The third-order valence-electron chi connectivity index (χ3n) is 4.28. The van der Waals surface area contributed by atoms with E-state index in [9.17, 15) is 9.18 Å². The molecule has 1 aromatic rings. The minimum Gasteiger partial charge on any atom is -0.323 e. The second kappa shape index (κ2) is 4.54. The molecule has 3 rings (SSSR count). The normalized spacial score (nSPS) is 30.6. The average Bonchev–Trinajstić information content (AvgIpc) is 2.62. The van der Waals surface area contributed by atoms with E-state index in [-0.39, 0.29) is 23.3 Å². The lowest BCUT2D eigenvalue weighted by Crippen LogP contribution is -2.43. The number of carbonyl (C=O) groups is 1. The van der Waals surface area contributed by atoms with E-state index in [1.54, 1.807) is 0 Å². The molecule has 96 valence electrons. The fourth-order valence-corrected chi connectivity index (χ4v) is 3.75. The van der Waals surface area contributed by atoms with Gasteiger partial charge in [0.1, 0.15) is 5.82 Å². The molecule has 2 aliphatic rings. The Morgan fingerprint density at radius 3 is 2.22 bits per heavy atom. The third-order valence-corrected chi connectivity index (χ3v) is 4.47. The molecule has 2 heterocycles. The van der Waals surface area contributed by atoms with Gasteiger partial charge in [-0.2, -0.15) is 0 Å². The van der Waals surface area contributed by atoms with Gasteiger partial charge in [-0.05, 0) is 60.9 Å². The van der Waals surface area contributed by atoms with Gasteiger partial charge in [-0.25, -0.2) is 4.39 Å². The Balaban J connectivity index is 1.79. The predicted molar refractivity (Wildman–Crippen MR) is 68.3 cm³/mol. The summed E-state index contributed by atoms with van der Waals surface area (Å²) in [7, 11) is 0. The molecule has 1 amide bonds. The summed E-state index contributed by atoms with van der Waals surface area (Å²) in [6, 6.07) is 7.27. The molecular weight excluding hydrogens is 253 g/mol. The lowest BCUT2D eigenvalue weighted by atomic mass is 9.85. The quantitative estimate of drug-likeness (QED) is 0.558. The van der Waals surface area contributed by atoms with Crippen LogP contribution in [0.25, 0.3) is 0 Å². The van der Waals surface area contributed by atoms with Crippen LogP contribution >= 0.6 is 11.6 Å². The number of hydrogen-bond acceptors (Lipinski definition) is 1. The Kier molecular flexibility index (Phi) is 3.02. The maximum atomic E-state index is 12.9. The molecule has 0 saturated carbocycles. The molecule has 1 aromatic carbocycles. The van der Waals surface area contributed by atoms with Crippen LogP contribution in [0, 0.1) is 5.82 Å². The summed E-state index contributed by atoms with van der Waals surface area (Å²) < 4.78 is 12.9. The van der Waals surface area contributed by atoms with Crippen LogP contribution in [0.5, 0.6) is 0 Å². The SMILES string of the molecule is O=C(Cl)N1[C@@H]2CC[C@H]1C[C@@H](c1ccc(F)cc1)C2. The number of benzene rings is 1. The van der Waals surface area contributed by atoms with Gasteiger partial charge in [0.2, 0.25) is 0 Å². The molecule has 2 fully saturated rings. The maximum absolute atomic E-state index is 12.9. The van der Waals surface area contributed by atoms with E-state index in [2.05, 4.69) is 0 Å². The summed E-state index contributed by atoms with van der Waals surface area (Å²) in [5.41, 5.74) is 1.18. The van der Waals surface area contributed by atoms with E-state index in [4.69, 9.17) is 11.6 Å². The second-order valence-electron chi connectivity index (χ2n) is 5.27. The van der Waals surface area contributed by atoms with E-state index in [0.717, 1.165) is 25.7 Å². The van der Waals surface area contributed by atoms with Gasteiger partial charge in [0.25, 0.3) is 0 Å². The Bertz CT molecular complexity index is 447. The van der Waals surface area contributed by atoms with E-state index in [1.807, 2.05) is 17.0 Å². The molecule has 18 heavy (non-hydrogen) atoms.